The van der Waals surface area contributed by atoms with Crippen LogP contribution in [0.3, 0.4) is 0 Å². The van der Waals surface area contributed by atoms with Crippen molar-refractivity contribution >= 4 is 29.1 Å². The number of hydrogen-bond donors (Lipinski definition) is 2. The lowest BCUT2D eigenvalue weighted by Crippen LogP contribution is -2.24. The minimum atomic E-state index is -0.163. The molecule has 2 N–H and O–H groups in total. The molecule has 0 spiro atoms. The van der Waals surface area contributed by atoms with Crippen LogP contribution in [-0.4, -0.2) is 18.4 Å². The molecule has 5 heteroatoms. The summed E-state index contributed by atoms with van der Waals surface area (Å²) in [5, 5.41) is 6.27. The van der Waals surface area contributed by atoms with E-state index in [1.807, 2.05) is 24.3 Å². The molecule has 2 amide bonds. The van der Waals surface area contributed by atoms with Gasteiger partial charge in [-0.15, -0.1) is 0 Å². The van der Waals surface area contributed by atoms with E-state index in [2.05, 4.69) is 10.6 Å². The molecular formula is C18H19ClN2O2. The predicted octanol–water partition coefficient (Wildman–Crippen LogP) is 3.66. The molecule has 0 aliphatic heterocycles. The molecule has 0 fully saturated rings. The van der Waals surface area contributed by atoms with Crippen LogP contribution in [0.4, 0.5) is 5.69 Å². The summed E-state index contributed by atoms with van der Waals surface area (Å²) < 4.78 is 0. The minimum absolute atomic E-state index is 0.150. The number of amides is 2. The van der Waals surface area contributed by atoms with E-state index in [1.54, 1.807) is 24.3 Å². The summed E-state index contributed by atoms with van der Waals surface area (Å²) in [6.07, 6.45) is 1.68. The second kappa shape index (κ2) is 8.34. The molecule has 2 rings (SSSR count). The Morgan fingerprint density at radius 3 is 2.61 bits per heavy atom. The summed E-state index contributed by atoms with van der Waals surface area (Å²) in [7, 11) is 0. The third kappa shape index (κ3) is 5.75. The van der Waals surface area contributed by atoms with Crippen molar-refractivity contribution < 1.29 is 9.59 Å². The van der Waals surface area contributed by atoms with E-state index in [4.69, 9.17) is 11.6 Å². The van der Waals surface area contributed by atoms with E-state index < -0.39 is 0 Å². The lowest BCUT2D eigenvalue weighted by molar-refractivity contribution is -0.114. The van der Waals surface area contributed by atoms with E-state index >= 15 is 0 Å². The van der Waals surface area contributed by atoms with Gasteiger partial charge in [0, 0.05) is 29.7 Å². The van der Waals surface area contributed by atoms with Crippen LogP contribution in [0.5, 0.6) is 0 Å². The number of hydrogen-bond acceptors (Lipinski definition) is 2. The highest BCUT2D eigenvalue weighted by Crippen LogP contribution is 2.12. The van der Waals surface area contributed by atoms with Crippen LogP contribution in [0.25, 0.3) is 0 Å². The van der Waals surface area contributed by atoms with Gasteiger partial charge in [0.05, 0.1) is 0 Å². The van der Waals surface area contributed by atoms with Gasteiger partial charge in [-0.25, -0.2) is 0 Å². The van der Waals surface area contributed by atoms with E-state index in [0.29, 0.717) is 17.8 Å². The predicted molar refractivity (Wildman–Crippen MR) is 92.9 cm³/mol. The average molecular weight is 331 g/mol. The molecule has 0 aliphatic rings. The Hall–Kier alpha value is -2.33. The fourth-order valence-electron chi connectivity index (χ4n) is 2.23. The Morgan fingerprint density at radius 2 is 1.87 bits per heavy atom. The van der Waals surface area contributed by atoms with E-state index in [-0.39, 0.29) is 11.8 Å². The van der Waals surface area contributed by atoms with Crippen molar-refractivity contribution in [3.05, 3.63) is 64.7 Å². The molecule has 23 heavy (non-hydrogen) atoms. The highest BCUT2D eigenvalue weighted by Gasteiger charge is 2.06. The molecule has 4 nitrogen and oxygen atoms in total. The van der Waals surface area contributed by atoms with E-state index in [9.17, 15) is 9.59 Å². The molecule has 2 aromatic rings. The summed E-state index contributed by atoms with van der Waals surface area (Å²) in [6.45, 7) is 2.01. The molecule has 0 saturated heterocycles. The molecular weight excluding hydrogens is 312 g/mol. The molecule has 0 unspecified atom stereocenters. The third-order valence-corrected chi connectivity index (χ3v) is 3.50. The number of anilines is 1. The molecule has 2 aromatic carbocycles. The fourth-order valence-corrected chi connectivity index (χ4v) is 2.44. The highest BCUT2D eigenvalue weighted by molar-refractivity contribution is 6.30. The molecule has 0 aromatic heterocycles. The third-order valence-electron chi connectivity index (χ3n) is 3.26. The Bertz CT molecular complexity index is 701. The zero-order valence-electron chi connectivity index (χ0n) is 12.9. The van der Waals surface area contributed by atoms with Crippen LogP contribution in [0.1, 0.15) is 29.3 Å². The number of carbonyl (C=O) groups excluding carboxylic acids is 2. The zero-order chi connectivity index (χ0) is 16.7. The van der Waals surface area contributed by atoms with Gasteiger partial charge in [0.1, 0.15) is 0 Å². The summed E-state index contributed by atoms with van der Waals surface area (Å²) in [4.78, 5) is 23.1. The van der Waals surface area contributed by atoms with Crippen molar-refractivity contribution in [1.29, 1.82) is 0 Å². The molecule has 0 atom stereocenters. The maximum absolute atomic E-state index is 12.1. The Morgan fingerprint density at radius 1 is 1.09 bits per heavy atom. The maximum Gasteiger partial charge on any atom is 0.251 e. The van der Waals surface area contributed by atoms with Crippen molar-refractivity contribution in [1.82, 2.24) is 5.32 Å². The zero-order valence-corrected chi connectivity index (χ0v) is 13.7. The first-order chi connectivity index (χ1) is 11.0. The summed E-state index contributed by atoms with van der Waals surface area (Å²) >= 11 is 5.94. The van der Waals surface area contributed by atoms with Crippen LogP contribution in [0, 0.1) is 0 Å². The van der Waals surface area contributed by atoms with Gasteiger partial charge in [-0.3, -0.25) is 9.59 Å². The standard InChI is InChI=1S/C18H19ClN2O2/c1-13(22)21-17-9-3-7-15(12-17)18(23)20-10-4-6-14-5-2-8-16(19)11-14/h2-3,5,7-9,11-12H,4,6,10H2,1H3,(H,20,23)(H,21,22). The monoisotopic (exact) mass is 330 g/mol. The summed E-state index contributed by atoms with van der Waals surface area (Å²) in [5.41, 5.74) is 2.29. The number of nitrogens with one attached hydrogen (secondary N) is 2. The van der Waals surface area contributed by atoms with Crippen molar-refractivity contribution in [2.24, 2.45) is 0 Å². The average Bonchev–Trinajstić information content (AvgIpc) is 2.51. The van der Waals surface area contributed by atoms with E-state index in [0.717, 1.165) is 23.4 Å². The summed E-state index contributed by atoms with van der Waals surface area (Å²) in [6, 6.07) is 14.6. The van der Waals surface area contributed by atoms with Gasteiger partial charge in [0.25, 0.3) is 5.91 Å². The normalized spacial score (nSPS) is 10.2. The summed E-state index contributed by atoms with van der Waals surface area (Å²) in [5.74, 6) is -0.313. The number of aryl methyl sites for hydroxylation is 1. The topological polar surface area (TPSA) is 58.2 Å². The second-order valence-corrected chi connectivity index (χ2v) is 5.69. The maximum atomic E-state index is 12.1. The number of carbonyl (C=O) groups is 2. The van der Waals surface area contributed by atoms with Crippen LogP contribution >= 0.6 is 11.6 Å². The first-order valence-electron chi connectivity index (χ1n) is 7.45. The number of halogens is 1. The molecule has 0 heterocycles. The second-order valence-electron chi connectivity index (χ2n) is 5.25. The molecule has 0 bridgehead atoms. The van der Waals surface area contributed by atoms with Gasteiger partial charge in [-0.1, -0.05) is 29.8 Å². The van der Waals surface area contributed by atoms with Gasteiger partial charge >= 0.3 is 0 Å². The van der Waals surface area contributed by atoms with Crippen LogP contribution in [0.15, 0.2) is 48.5 Å². The van der Waals surface area contributed by atoms with Crippen LogP contribution in [-0.2, 0) is 11.2 Å². The van der Waals surface area contributed by atoms with Crippen LogP contribution in [0.2, 0.25) is 5.02 Å². The van der Waals surface area contributed by atoms with Crippen LogP contribution < -0.4 is 10.6 Å². The Kier molecular flexibility index (Phi) is 6.18. The largest absolute Gasteiger partial charge is 0.352 e. The van der Waals surface area contributed by atoms with Crippen molar-refractivity contribution in [3.63, 3.8) is 0 Å². The lowest BCUT2D eigenvalue weighted by Gasteiger charge is -2.07. The van der Waals surface area contributed by atoms with Gasteiger partial charge < -0.3 is 10.6 Å². The van der Waals surface area contributed by atoms with Gasteiger partial charge in [-0.2, -0.15) is 0 Å². The first-order valence-corrected chi connectivity index (χ1v) is 7.83. The van der Waals surface area contributed by atoms with Gasteiger partial charge in [0.2, 0.25) is 5.91 Å². The van der Waals surface area contributed by atoms with Gasteiger partial charge in [0.15, 0.2) is 0 Å². The minimum Gasteiger partial charge on any atom is -0.352 e. The SMILES string of the molecule is CC(=O)Nc1cccc(C(=O)NCCCc2cccc(Cl)c2)c1. The van der Waals surface area contributed by atoms with Crippen molar-refractivity contribution in [2.45, 2.75) is 19.8 Å². The van der Waals surface area contributed by atoms with Gasteiger partial charge in [-0.05, 0) is 48.7 Å². The number of rotatable bonds is 6. The smallest absolute Gasteiger partial charge is 0.251 e. The van der Waals surface area contributed by atoms with Crippen molar-refractivity contribution in [2.75, 3.05) is 11.9 Å². The lowest BCUT2D eigenvalue weighted by atomic mass is 10.1. The fraction of sp³-hybridized carbons (Fsp3) is 0.222. The van der Waals surface area contributed by atoms with Crippen molar-refractivity contribution in [3.8, 4) is 0 Å². The Labute approximate surface area is 140 Å². The molecule has 0 aliphatic carbocycles. The Balaban J connectivity index is 1.81. The van der Waals surface area contributed by atoms with E-state index in [1.165, 1.54) is 6.92 Å². The quantitative estimate of drug-likeness (QED) is 0.794. The first kappa shape index (κ1) is 17.0. The molecule has 120 valence electrons. The highest BCUT2D eigenvalue weighted by atomic mass is 35.5. The molecule has 0 saturated carbocycles. The molecule has 0 radical (unpaired) electrons. The number of benzene rings is 2.